The molecule has 0 aromatic carbocycles. The van der Waals surface area contributed by atoms with Crippen molar-refractivity contribution in [2.75, 3.05) is 0 Å². The van der Waals surface area contributed by atoms with Gasteiger partial charge in [0.05, 0.1) is 0 Å². The quantitative estimate of drug-likeness (QED) is 0.481. The first kappa shape index (κ1) is 29.7. The van der Waals surface area contributed by atoms with E-state index in [0.29, 0.717) is 0 Å². The van der Waals surface area contributed by atoms with Crippen LogP contribution in [0.3, 0.4) is 0 Å². The van der Waals surface area contributed by atoms with Crippen molar-refractivity contribution in [2.45, 2.75) is 79.1 Å². The maximum atomic E-state index is 10.3. The third kappa shape index (κ3) is 23.9. The van der Waals surface area contributed by atoms with Crippen molar-refractivity contribution in [3.05, 3.63) is 0 Å². The molecule has 0 heterocycles. The summed E-state index contributed by atoms with van der Waals surface area (Å²) in [7, 11) is 0. The third-order valence-electron chi connectivity index (χ3n) is 2.85. The molecule has 0 aromatic rings. The van der Waals surface area contributed by atoms with E-state index >= 15 is 0 Å². The summed E-state index contributed by atoms with van der Waals surface area (Å²) >= 11 is 0. The fraction of sp³-hybridized carbons (Fsp3) is 0.667. The molecule has 156 valence electrons. The Balaban J connectivity index is -0.000000320. The molecule has 0 spiro atoms. The van der Waals surface area contributed by atoms with Crippen LogP contribution in [0.5, 0.6) is 0 Å². The van der Waals surface area contributed by atoms with Crippen LogP contribution in [-0.4, -0.2) is 68.3 Å². The van der Waals surface area contributed by atoms with Gasteiger partial charge in [0, 0.05) is 19.3 Å². The zero-order valence-corrected chi connectivity index (χ0v) is 16.6. The lowest BCUT2D eigenvalue weighted by Crippen LogP contribution is -2.19. The van der Waals surface area contributed by atoms with Crippen LogP contribution in [0.1, 0.15) is 60.8 Å². The smallest absolute Gasteiger partial charge is 0.158 e. The maximum absolute atomic E-state index is 10.3. The normalized spacial score (nSPS) is 12.8. The summed E-state index contributed by atoms with van der Waals surface area (Å²) in [6, 6.07) is 0. The largest absolute Gasteiger partial charge is 0.385 e. The molecule has 0 saturated carbocycles. The van der Waals surface area contributed by atoms with Crippen LogP contribution >= 0.6 is 0 Å². The summed E-state index contributed by atoms with van der Waals surface area (Å²) in [6.07, 6.45) is -3.47. The number of aliphatic hydroxyl groups excluding tert-OH is 3. The maximum Gasteiger partial charge on any atom is 0.158 e. The van der Waals surface area contributed by atoms with Crippen molar-refractivity contribution in [1.29, 1.82) is 0 Å². The summed E-state index contributed by atoms with van der Waals surface area (Å²) in [5.74, 6) is -1.58. The third-order valence-corrected chi connectivity index (χ3v) is 2.85. The topological polar surface area (TPSA) is 163 Å². The molecule has 0 bridgehead atoms. The lowest BCUT2D eigenvalue weighted by molar-refractivity contribution is -0.129. The van der Waals surface area contributed by atoms with E-state index in [1.54, 1.807) is 0 Å². The second-order valence-electron chi connectivity index (χ2n) is 6.10. The second kappa shape index (κ2) is 16.1. The molecule has 1 unspecified atom stereocenters. The molecule has 9 heteroatoms. The van der Waals surface area contributed by atoms with Gasteiger partial charge in [-0.25, -0.2) is 0 Å². The Kier molecular flexibility index (Phi) is 17.7. The molecular weight excluding hydrogens is 360 g/mol. The first-order chi connectivity index (χ1) is 12.1. The van der Waals surface area contributed by atoms with E-state index in [2.05, 4.69) is 0 Å². The second-order valence-corrected chi connectivity index (χ2v) is 6.10. The highest BCUT2D eigenvalue weighted by Gasteiger charge is 2.12. The average Bonchev–Trinajstić information content (AvgIpc) is 2.46. The van der Waals surface area contributed by atoms with Gasteiger partial charge in [0.25, 0.3) is 0 Å². The van der Waals surface area contributed by atoms with Crippen LogP contribution in [-0.2, 0) is 28.8 Å². The van der Waals surface area contributed by atoms with E-state index in [0.717, 1.165) is 0 Å². The van der Waals surface area contributed by atoms with Crippen LogP contribution in [0.2, 0.25) is 0 Å². The predicted molar refractivity (Wildman–Crippen MR) is 96.0 cm³/mol. The number of carbonyl (C=O) groups is 6. The molecule has 27 heavy (non-hydrogen) atoms. The van der Waals surface area contributed by atoms with Gasteiger partial charge in [0.2, 0.25) is 0 Å². The molecule has 9 nitrogen and oxygen atoms in total. The summed E-state index contributed by atoms with van der Waals surface area (Å²) in [4.78, 5) is 61.6. The van der Waals surface area contributed by atoms with Crippen molar-refractivity contribution in [2.24, 2.45) is 0 Å². The van der Waals surface area contributed by atoms with Crippen molar-refractivity contribution in [1.82, 2.24) is 0 Å². The van der Waals surface area contributed by atoms with E-state index in [1.807, 2.05) is 0 Å². The Morgan fingerprint density at radius 3 is 0.667 bits per heavy atom. The predicted octanol–water partition coefficient (Wildman–Crippen LogP) is -0.254. The highest BCUT2D eigenvalue weighted by molar-refractivity contribution is 5.88. The molecule has 0 aliphatic heterocycles. The first-order valence-electron chi connectivity index (χ1n) is 8.15. The fourth-order valence-electron chi connectivity index (χ4n) is 1.25. The molecule has 0 aromatic heterocycles. The fourth-order valence-corrected chi connectivity index (χ4v) is 1.25. The van der Waals surface area contributed by atoms with Crippen LogP contribution in [0.4, 0.5) is 0 Å². The van der Waals surface area contributed by atoms with Crippen molar-refractivity contribution in [3.63, 3.8) is 0 Å². The van der Waals surface area contributed by atoms with Crippen molar-refractivity contribution >= 4 is 34.7 Å². The molecule has 0 aliphatic rings. The van der Waals surface area contributed by atoms with Gasteiger partial charge in [-0.1, -0.05) is 0 Å². The first-order valence-corrected chi connectivity index (χ1v) is 8.15. The number of aliphatic hydroxyl groups is 3. The minimum Gasteiger partial charge on any atom is -0.385 e. The van der Waals surface area contributed by atoms with Gasteiger partial charge in [-0.05, 0) is 41.5 Å². The Hall–Kier alpha value is -2.10. The summed E-state index contributed by atoms with van der Waals surface area (Å²) < 4.78 is 0. The monoisotopic (exact) mass is 390 g/mol. The van der Waals surface area contributed by atoms with Gasteiger partial charge in [-0.3, -0.25) is 28.8 Å². The van der Waals surface area contributed by atoms with E-state index in [1.165, 1.54) is 41.5 Å². The number of rotatable bonds is 9. The minimum atomic E-state index is -1.09. The van der Waals surface area contributed by atoms with Crippen molar-refractivity contribution < 1.29 is 44.1 Å². The van der Waals surface area contributed by atoms with Gasteiger partial charge < -0.3 is 15.3 Å². The summed E-state index contributed by atoms with van der Waals surface area (Å²) in [5.41, 5.74) is 0. The van der Waals surface area contributed by atoms with Gasteiger partial charge >= 0.3 is 0 Å². The molecule has 3 atom stereocenters. The van der Waals surface area contributed by atoms with Crippen molar-refractivity contribution in [3.8, 4) is 0 Å². The SMILES string of the molecule is CC(=O)CC(O)C(C)=O.CC(=O)C[C@@H](O)C(C)=O.CC(=O)C[C@H](O)C(C)=O. The number of Topliss-reactive ketones (excluding diaryl/α,β-unsaturated/α-hetero) is 6. The van der Waals surface area contributed by atoms with E-state index in [4.69, 9.17) is 15.3 Å². The lowest BCUT2D eigenvalue weighted by Gasteiger charge is -2.00. The molecule has 0 saturated heterocycles. The van der Waals surface area contributed by atoms with Gasteiger partial charge in [-0.15, -0.1) is 0 Å². The summed E-state index contributed by atoms with van der Waals surface area (Å²) in [5, 5.41) is 26.2. The average molecular weight is 390 g/mol. The molecule has 0 rings (SSSR count). The summed E-state index contributed by atoms with van der Waals surface area (Å²) in [6.45, 7) is 7.79. The molecule has 0 radical (unpaired) electrons. The Morgan fingerprint density at radius 1 is 0.481 bits per heavy atom. The number of ketones is 6. The van der Waals surface area contributed by atoms with Crippen LogP contribution in [0.15, 0.2) is 0 Å². The van der Waals surface area contributed by atoms with E-state index in [-0.39, 0.29) is 54.0 Å². The van der Waals surface area contributed by atoms with Crippen LogP contribution < -0.4 is 0 Å². The highest BCUT2D eigenvalue weighted by atomic mass is 16.3. The van der Waals surface area contributed by atoms with Gasteiger partial charge in [0.15, 0.2) is 17.3 Å². The number of hydrogen-bond donors (Lipinski definition) is 3. The van der Waals surface area contributed by atoms with E-state index < -0.39 is 18.3 Å². The van der Waals surface area contributed by atoms with E-state index in [9.17, 15) is 28.8 Å². The molecular formula is C18H30O9. The molecule has 3 N–H and O–H groups in total. The zero-order chi connectivity index (χ0) is 22.3. The highest BCUT2D eigenvalue weighted by Crippen LogP contribution is 1.94. The molecule has 0 amide bonds. The Bertz CT molecular complexity index is 461. The van der Waals surface area contributed by atoms with Gasteiger partial charge in [0.1, 0.15) is 35.7 Å². The van der Waals surface area contributed by atoms with Gasteiger partial charge in [-0.2, -0.15) is 0 Å². The molecule has 0 aliphatic carbocycles. The zero-order valence-electron chi connectivity index (χ0n) is 16.6. The number of hydrogen-bond acceptors (Lipinski definition) is 9. The standard InChI is InChI=1S/3C6H10O3/c3*1-4(7)3-6(9)5(2)8/h3*6,9H,3H2,1-2H3/t2*6-;/m10./s1. The van der Waals surface area contributed by atoms with Crippen LogP contribution in [0.25, 0.3) is 0 Å². The lowest BCUT2D eigenvalue weighted by atomic mass is 10.1. The Labute approximate surface area is 158 Å². The number of carbonyl (C=O) groups excluding carboxylic acids is 6. The van der Waals surface area contributed by atoms with Crippen LogP contribution in [0, 0.1) is 0 Å². The Morgan fingerprint density at radius 2 is 0.630 bits per heavy atom. The minimum absolute atomic E-state index is 0.0602. The molecule has 0 fully saturated rings.